The molecule has 0 bridgehead atoms. The summed E-state index contributed by atoms with van der Waals surface area (Å²) >= 11 is 0. The third-order valence-corrected chi connectivity index (χ3v) is 3.82. The molecular weight excluding hydrogens is 232 g/mol. The molecule has 0 aromatic carbocycles. The summed E-state index contributed by atoms with van der Waals surface area (Å²) in [6.07, 6.45) is 10.1. The van der Waals surface area contributed by atoms with Crippen molar-refractivity contribution in [2.24, 2.45) is 0 Å². The zero-order valence-corrected chi connectivity index (χ0v) is 10.9. The molecule has 2 aliphatic carbocycles. The molecule has 102 valence electrons. The van der Waals surface area contributed by atoms with E-state index >= 15 is 0 Å². The molecule has 0 spiro atoms. The highest BCUT2D eigenvalue weighted by Gasteiger charge is 2.27. The van der Waals surface area contributed by atoms with Crippen molar-refractivity contribution in [3.05, 3.63) is 0 Å². The number of rotatable bonds is 2. The highest BCUT2D eigenvalue weighted by atomic mass is 16.6. The first-order valence-corrected chi connectivity index (χ1v) is 7.17. The van der Waals surface area contributed by atoms with Gasteiger partial charge >= 0.3 is 11.9 Å². The Morgan fingerprint density at radius 3 is 1.28 bits per heavy atom. The van der Waals surface area contributed by atoms with Crippen LogP contribution in [0.2, 0.25) is 0 Å². The molecule has 0 atom stereocenters. The van der Waals surface area contributed by atoms with E-state index in [0.717, 1.165) is 51.4 Å². The minimum atomic E-state index is -0.799. The van der Waals surface area contributed by atoms with E-state index in [1.165, 1.54) is 12.8 Å². The Morgan fingerprint density at radius 2 is 0.944 bits per heavy atom. The first-order chi connectivity index (χ1) is 8.75. The SMILES string of the molecule is O=C(OC1CCCCC1)C(=O)OC1CCCCC1. The van der Waals surface area contributed by atoms with Crippen molar-refractivity contribution in [1.29, 1.82) is 0 Å². The second kappa shape index (κ2) is 6.76. The first kappa shape index (κ1) is 13.4. The smallest absolute Gasteiger partial charge is 0.417 e. The van der Waals surface area contributed by atoms with Crippen LogP contribution in [0.1, 0.15) is 64.2 Å². The van der Waals surface area contributed by atoms with Crippen LogP contribution >= 0.6 is 0 Å². The number of carbonyl (C=O) groups is 2. The van der Waals surface area contributed by atoms with Crippen molar-refractivity contribution >= 4 is 11.9 Å². The van der Waals surface area contributed by atoms with Crippen LogP contribution in [0, 0.1) is 0 Å². The lowest BCUT2D eigenvalue weighted by molar-refractivity contribution is -0.175. The Balaban J connectivity index is 1.71. The van der Waals surface area contributed by atoms with E-state index in [9.17, 15) is 9.59 Å². The van der Waals surface area contributed by atoms with Gasteiger partial charge in [0.15, 0.2) is 0 Å². The normalized spacial score (nSPS) is 22.4. The number of carbonyl (C=O) groups excluding carboxylic acids is 2. The molecule has 0 unspecified atom stereocenters. The van der Waals surface area contributed by atoms with Gasteiger partial charge in [-0.25, -0.2) is 9.59 Å². The Labute approximate surface area is 108 Å². The number of hydrogen-bond acceptors (Lipinski definition) is 4. The molecule has 0 amide bonds. The lowest BCUT2D eigenvalue weighted by Gasteiger charge is -2.23. The van der Waals surface area contributed by atoms with Gasteiger partial charge in [-0.3, -0.25) is 0 Å². The lowest BCUT2D eigenvalue weighted by atomic mass is 9.98. The zero-order valence-electron chi connectivity index (χ0n) is 10.9. The average Bonchev–Trinajstić information content (AvgIpc) is 2.41. The van der Waals surface area contributed by atoms with Gasteiger partial charge in [-0.1, -0.05) is 12.8 Å². The third kappa shape index (κ3) is 4.00. The molecule has 2 aliphatic rings. The third-order valence-electron chi connectivity index (χ3n) is 3.82. The van der Waals surface area contributed by atoms with Crippen molar-refractivity contribution in [3.63, 3.8) is 0 Å². The topological polar surface area (TPSA) is 52.6 Å². The van der Waals surface area contributed by atoms with Crippen molar-refractivity contribution in [2.75, 3.05) is 0 Å². The maximum absolute atomic E-state index is 11.6. The Morgan fingerprint density at radius 1 is 0.611 bits per heavy atom. The molecular formula is C14H22O4. The van der Waals surface area contributed by atoms with Crippen LogP contribution in [0.15, 0.2) is 0 Å². The molecule has 0 radical (unpaired) electrons. The van der Waals surface area contributed by atoms with Gasteiger partial charge in [0.1, 0.15) is 12.2 Å². The summed E-state index contributed by atoms with van der Waals surface area (Å²) in [4.78, 5) is 23.2. The summed E-state index contributed by atoms with van der Waals surface area (Å²) in [5.74, 6) is -1.60. The second-order valence-electron chi connectivity index (χ2n) is 5.33. The summed E-state index contributed by atoms with van der Waals surface area (Å²) < 4.78 is 10.4. The van der Waals surface area contributed by atoms with E-state index in [-0.39, 0.29) is 12.2 Å². The van der Waals surface area contributed by atoms with Crippen LogP contribution in [0.3, 0.4) is 0 Å². The maximum atomic E-state index is 11.6. The Hall–Kier alpha value is -1.06. The number of ether oxygens (including phenoxy) is 2. The predicted molar refractivity (Wildman–Crippen MR) is 65.9 cm³/mol. The fraction of sp³-hybridized carbons (Fsp3) is 0.857. The molecule has 18 heavy (non-hydrogen) atoms. The molecule has 0 N–H and O–H groups in total. The molecule has 0 saturated heterocycles. The van der Waals surface area contributed by atoms with Crippen molar-refractivity contribution in [2.45, 2.75) is 76.4 Å². The summed E-state index contributed by atoms with van der Waals surface area (Å²) in [7, 11) is 0. The van der Waals surface area contributed by atoms with Crippen LogP contribution < -0.4 is 0 Å². The van der Waals surface area contributed by atoms with Gasteiger partial charge in [-0.15, -0.1) is 0 Å². The van der Waals surface area contributed by atoms with E-state index in [2.05, 4.69) is 0 Å². The molecule has 2 saturated carbocycles. The molecule has 4 nitrogen and oxygen atoms in total. The van der Waals surface area contributed by atoms with Crippen LogP contribution in [-0.2, 0) is 19.1 Å². The predicted octanol–water partition coefficient (Wildman–Crippen LogP) is 2.74. The van der Waals surface area contributed by atoms with Gasteiger partial charge in [-0.2, -0.15) is 0 Å². The fourth-order valence-electron chi connectivity index (χ4n) is 2.76. The minimum Gasteiger partial charge on any atom is -0.454 e. The average molecular weight is 254 g/mol. The number of hydrogen-bond donors (Lipinski definition) is 0. The zero-order chi connectivity index (χ0) is 12.8. The van der Waals surface area contributed by atoms with Crippen molar-refractivity contribution < 1.29 is 19.1 Å². The van der Waals surface area contributed by atoms with Crippen LogP contribution in [0.5, 0.6) is 0 Å². The molecule has 0 aliphatic heterocycles. The van der Waals surface area contributed by atoms with Gasteiger partial charge in [0.25, 0.3) is 0 Å². The van der Waals surface area contributed by atoms with E-state index in [1.807, 2.05) is 0 Å². The summed E-state index contributed by atoms with van der Waals surface area (Å²) in [5, 5.41) is 0. The van der Waals surface area contributed by atoms with E-state index in [1.54, 1.807) is 0 Å². The molecule has 2 rings (SSSR count). The second-order valence-corrected chi connectivity index (χ2v) is 5.33. The van der Waals surface area contributed by atoms with Gasteiger partial charge < -0.3 is 9.47 Å². The van der Waals surface area contributed by atoms with E-state index in [4.69, 9.17) is 9.47 Å². The van der Waals surface area contributed by atoms with Crippen LogP contribution in [-0.4, -0.2) is 24.1 Å². The van der Waals surface area contributed by atoms with Gasteiger partial charge in [0, 0.05) is 0 Å². The molecule has 0 aromatic heterocycles. The highest BCUT2D eigenvalue weighted by molar-refractivity contribution is 6.29. The molecule has 4 heteroatoms. The summed E-state index contributed by atoms with van der Waals surface area (Å²) in [5.41, 5.74) is 0. The number of esters is 2. The van der Waals surface area contributed by atoms with Gasteiger partial charge in [-0.05, 0) is 51.4 Å². The largest absolute Gasteiger partial charge is 0.454 e. The van der Waals surface area contributed by atoms with Gasteiger partial charge in [0.05, 0.1) is 0 Å². The fourth-order valence-corrected chi connectivity index (χ4v) is 2.76. The van der Waals surface area contributed by atoms with Crippen molar-refractivity contribution in [3.8, 4) is 0 Å². The maximum Gasteiger partial charge on any atom is 0.417 e. The molecule has 0 aromatic rings. The van der Waals surface area contributed by atoms with Crippen LogP contribution in [0.4, 0.5) is 0 Å². The lowest BCUT2D eigenvalue weighted by Crippen LogP contribution is -2.31. The standard InChI is InChI=1S/C14H22O4/c15-13(17-11-7-3-1-4-8-11)14(16)18-12-9-5-2-6-10-12/h11-12H,1-10H2. The van der Waals surface area contributed by atoms with E-state index < -0.39 is 11.9 Å². The monoisotopic (exact) mass is 254 g/mol. The van der Waals surface area contributed by atoms with Gasteiger partial charge in [0.2, 0.25) is 0 Å². The quantitative estimate of drug-likeness (QED) is 0.561. The summed E-state index contributed by atoms with van der Waals surface area (Å²) in [6.45, 7) is 0. The molecule has 2 fully saturated rings. The minimum absolute atomic E-state index is 0.0786. The first-order valence-electron chi connectivity index (χ1n) is 7.17. The highest BCUT2D eigenvalue weighted by Crippen LogP contribution is 2.22. The molecule has 0 heterocycles. The van der Waals surface area contributed by atoms with Crippen molar-refractivity contribution in [1.82, 2.24) is 0 Å². The summed E-state index contributed by atoms with van der Waals surface area (Å²) in [6, 6.07) is 0. The Bertz CT molecular complexity index is 258. The Kier molecular flexibility index (Phi) is 5.02. The van der Waals surface area contributed by atoms with E-state index in [0.29, 0.717) is 0 Å². The van der Waals surface area contributed by atoms with Crippen LogP contribution in [0.25, 0.3) is 0 Å².